The summed E-state index contributed by atoms with van der Waals surface area (Å²) in [5.74, 6) is 0.940. The summed E-state index contributed by atoms with van der Waals surface area (Å²) in [6, 6.07) is 16.7. The van der Waals surface area contributed by atoms with Crippen molar-refractivity contribution < 1.29 is 4.74 Å². The molecule has 0 radical (unpaired) electrons. The van der Waals surface area contributed by atoms with Crippen LogP contribution in [0.5, 0.6) is 5.75 Å². The maximum atomic E-state index is 6.33. The van der Waals surface area contributed by atoms with Gasteiger partial charge in [-0.1, -0.05) is 49.4 Å². The van der Waals surface area contributed by atoms with Gasteiger partial charge in [-0.3, -0.25) is 0 Å². The fraction of sp³-hybridized carbons (Fsp3) is 0.333. The Morgan fingerprint density at radius 1 is 1.00 bits per heavy atom. The second kappa shape index (κ2) is 7.11. The third kappa shape index (κ3) is 3.61. The van der Waals surface area contributed by atoms with Crippen LogP contribution in [0.15, 0.2) is 48.5 Å². The van der Waals surface area contributed by atoms with Crippen LogP contribution in [-0.4, -0.2) is 6.61 Å². The summed E-state index contributed by atoms with van der Waals surface area (Å²) < 4.78 is 5.65. The molecule has 20 heavy (non-hydrogen) atoms. The Bertz CT molecular complexity index is 533. The van der Waals surface area contributed by atoms with E-state index in [9.17, 15) is 0 Å². The predicted molar refractivity (Wildman–Crippen MR) is 84.1 cm³/mol. The molecule has 2 heteroatoms. The van der Waals surface area contributed by atoms with Crippen LogP contribution in [0.3, 0.4) is 0 Å². The fourth-order valence-corrected chi connectivity index (χ4v) is 2.32. The summed E-state index contributed by atoms with van der Waals surface area (Å²) in [5.41, 5.74) is 10.0. The van der Waals surface area contributed by atoms with Gasteiger partial charge < -0.3 is 10.5 Å². The molecule has 106 valence electrons. The molecule has 0 heterocycles. The number of ether oxygens (including phenoxy) is 1. The van der Waals surface area contributed by atoms with Gasteiger partial charge in [-0.2, -0.15) is 0 Å². The Hall–Kier alpha value is -1.80. The van der Waals surface area contributed by atoms with Gasteiger partial charge in [0.25, 0.3) is 0 Å². The highest BCUT2D eigenvalue weighted by Crippen LogP contribution is 2.24. The van der Waals surface area contributed by atoms with Crippen LogP contribution in [-0.2, 0) is 12.8 Å². The zero-order valence-electron chi connectivity index (χ0n) is 12.3. The normalized spacial score (nSPS) is 12.2. The van der Waals surface area contributed by atoms with E-state index in [4.69, 9.17) is 10.5 Å². The maximum Gasteiger partial charge on any atom is 0.122 e. The molecule has 2 nitrogen and oxygen atoms in total. The quantitative estimate of drug-likeness (QED) is 0.863. The van der Waals surface area contributed by atoms with Crippen molar-refractivity contribution in [1.29, 1.82) is 0 Å². The standard InChI is InChI=1S/C18H23NO/c1-3-14-9-11-15(12-10-14)17(19)13-16-7-5-6-8-18(16)20-4-2/h5-12,17H,3-4,13,19H2,1-2H3. The minimum Gasteiger partial charge on any atom is -0.494 e. The van der Waals surface area contributed by atoms with E-state index in [0.29, 0.717) is 6.61 Å². The Morgan fingerprint density at radius 3 is 2.35 bits per heavy atom. The third-order valence-electron chi connectivity index (χ3n) is 3.53. The first-order valence-electron chi connectivity index (χ1n) is 7.29. The second-order valence-electron chi connectivity index (χ2n) is 4.95. The fourth-order valence-electron chi connectivity index (χ4n) is 2.32. The smallest absolute Gasteiger partial charge is 0.122 e. The number of rotatable bonds is 6. The van der Waals surface area contributed by atoms with Crippen molar-refractivity contribution in [2.75, 3.05) is 6.61 Å². The molecule has 0 saturated heterocycles. The lowest BCUT2D eigenvalue weighted by molar-refractivity contribution is 0.335. The first kappa shape index (κ1) is 14.6. The Labute approximate surface area is 121 Å². The summed E-state index contributed by atoms with van der Waals surface area (Å²) >= 11 is 0. The molecule has 2 aromatic carbocycles. The zero-order chi connectivity index (χ0) is 14.4. The lowest BCUT2D eigenvalue weighted by atomic mass is 9.98. The predicted octanol–water partition coefficient (Wildman–Crippen LogP) is 3.89. The van der Waals surface area contributed by atoms with E-state index in [1.165, 1.54) is 16.7 Å². The molecule has 0 aromatic heterocycles. The van der Waals surface area contributed by atoms with E-state index in [2.05, 4.69) is 37.3 Å². The highest BCUT2D eigenvalue weighted by atomic mass is 16.5. The van der Waals surface area contributed by atoms with E-state index in [1.54, 1.807) is 0 Å². The average molecular weight is 269 g/mol. The SMILES string of the molecule is CCOc1ccccc1CC(N)c1ccc(CC)cc1. The van der Waals surface area contributed by atoms with Crippen LogP contribution in [0.4, 0.5) is 0 Å². The Balaban J connectivity index is 2.12. The number of para-hydroxylation sites is 1. The van der Waals surface area contributed by atoms with Crippen LogP contribution in [0.1, 0.15) is 36.6 Å². The number of benzene rings is 2. The van der Waals surface area contributed by atoms with Crippen LogP contribution < -0.4 is 10.5 Å². The molecular weight excluding hydrogens is 246 g/mol. The van der Waals surface area contributed by atoms with Crippen molar-refractivity contribution in [3.8, 4) is 5.75 Å². The van der Waals surface area contributed by atoms with Gasteiger partial charge in [0.15, 0.2) is 0 Å². The molecule has 0 spiro atoms. The molecule has 2 N–H and O–H groups in total. The number of hydrogen-bond donors (Lipinski definition) is 1. The van der Waals surface area contributed by atoms with Gasteiger partial charge in [0.2, 0.25) is 0 Å². The minimum absolute atomic E-state index is 0.00233. The topological polar surface area (TPSA) is 35.2 Å². The maximum absolute atomic E-state index is 6.33. The number of aryl methyl sites for hydroxylation is 1. The molecule has 0 aliphatic carbocycles. The lowest BCUT2D eigenvalue weighted by Crippen LogP contribution is -2.14. The molecule has 0 saturated carbocycles. The van der Waals surface area contributed by atoms with Crippen molar-refractivity contribution in [3.63, 3.8) is 0 Å². The highest BCUT2D eigenvalue weighted by Gasteiger charge is 2.10. The number of nitrogens with two attached hydrogens (primary N) is 1. The van der Waals surface area contributed by atoms with E-state index in [-0.39, 0.29) is 6.04 Å². The van der Waals surface area contributed by atoms with E-state index in [1.807, 2.05) is 25.1 Å². The summed E-state index contributed by atoms with van der Waals surface area (Å²) in [7, 11) is 0. The first-order chi connectivity index (χ1) is 9.74. The summed E-state index contributed by atoms with van der Waals surface area (Å²) in [6.45, 7) is 4.84. The van der Waals surface area contributed by atoms with Crippen LogP contribution in [0, 0.1) is 0 Å². The van der Waals surface area contributed by atoms with Gasteiger partial charge >= 0.3 is 0 Å². The van der Waals surface area contributed by atoms with Gasteiger partial charge in [0.1, 0.15) is 5.75 Å². The van der Waals surface area contributed by atoms with E-state index < -0.39 is 0 Å². The molecule has 2 aromatic rings. The Kier molecular flexibility index (Phi) is 5.19. The molecule has 1 unspecified atom stereocenters. The molecule has 1 atom stereocenters. The molecule has 0 aliphatic rings. The molecule has 0 aliphatic heterocycles. The van der Waals surface area contributed by atoms with Gasteiger partial charge in [-0.05, 0) is 42.5 Å². The first-order valence-corrected chi connectivity index (χ1v) is 7.29. The molecule has 2 rings (SSSR count). The third-order valence-corrected chi connectivity index (χ3v) is 3.53. The van der Waals surface area contributed by atoms with Gasteiger partial charge in [-0.15, -0.1) is 0 Å². The van der Waals surface area contributed by atoms with E-state index in [0.717, 1.165) is 18.6 Å². The van der Waals surface area contributed by atoms with Gasteiger partial charge in [-0.25, -0.2) is 0 Å². The molecular formula is C18H23NO. The molecule has 0 bridgehead atoms. The summed E-state index contributed by atoms with van der Waals surface area (Å²) in [5, 5.41) is 0. The summed E-state index contributed by atoms with van der Waals surface area (Å²) in [6.07, 6.45) is 1.85. The van der Waals surface area contributed by atoms with Crippen LogP contribution in [0.25, 0.3) is 0 Å². The van der Waals surface area contributed by atoms with Crippen molar-refractivity contribution in [2.45, 2.75) is 32.7 Å². The Morgan fingerprint density at radius 2 is 1.70 bits per heavy atom. The largest absolute Gasteiger partial charge is 0.494 e. The van der Waals surface area contributed by atoms with Gasteiger partial charge in [0.05, 0.1) is 6.61 Å². The molecule has 0 fully saturated rings. The minimum atomic E-state index is 0.00233. The van der Waals surface area contributed by atoms with Crippen LogP contribution in [0.2, 0.25) is 0 Å². The van der Waals surface area contributed by atoms with Gasteiger partial charge in [0, 0.05) is 6.04 Å². The van der Waals surface area contributed by atoms with Crippen molar-refractivity contribution in [1.82, 2.24) is 0 Å². The number of hydrogen-bond acceptors (Lipinski definition) is 2. The monoisotopic (exact) mass is 269 g/mol. The van der Waals surface area contributed by atoms with Crippen LogP contribution >= 0.6 is 0 Å². The highest BCUT2D eigenvalue weighted by molar-refractivity contribution is 5.35. The van der Waals surface area contributed by atoms with E-state index >= 15 is 0 Å². The van der Waals surface area contributed by atoms with Crippen molar-refractivity contribution in [3.05, 3.63) is 65.2 Å². The molecule has 0 amide bonds. The lowest BCUT2D eigenvalue weighted by Gasteiger charge is -2.15. The van der Waals surface area contributed by atoms with Crippen molar-refractivity contribution in [2.24, 2.45) is 5.73 Å². The zero-order valence-corrected chi connectivity index (χ0v) is 12.3. The average Bonchev–Trinajstić information content (AvgIpc) is 2.49. The van der Waals surface area contributed by atoms with Crippen molar-refractivity contribution >= 4 is 0 Å². The summed E-state index contributed by atoms with van der Waals surface area (Å²) in [4.78, 5) is 0. The second-order valence-corrected chi connectivity index (χ2v) is 4.95.